The Morgan fingerprint density at radius 1 is 1.24 bits per heavy atom. The Balaban J connectivity index is 1.74. The third-order valence-corrected chi connectivity index (χ3v) is 3.93. The minimum Gasteiger partial charge on any atom is -0.501 e. The highest BCUT2D eigenvalue weighted by Crippen LogP contribution is 2.27. The molecule has 1 aromatic rings. The summed E-state index contributed by atoms with van der Waals surface area (Å²) in [4.78, 5) is 14.5. The number of amides is 1. The van der Waals surface area contributed by atoms with Crippen molar-refractivity contribution in [1.82, 2.24) is 4.90 Å². The van der Waals surface area contributed by atoms with Crippen LogP contribution >= 0.6 is 0 Å². The molecule has 0 spiro atoms. The molecule has 112 valence electrons. The molecule has 4 heteroatoms. The number of carbonyl (C=O) groups is 1. The Bertz CT molecular complexity index is 526. The molecule has 2 unspecified atom stereocenters. The fourth-order valence-corrected chi connectivity index (χ4v) is 2.89. The molecule has 2 atom stereocenters. The molecule has 4 nitrogen and oxygen atoms in total. The number of nitrogens with zero attached hydrogens (tertiary/aromatic N) is 1. The molecule has 21 heavy (non-hydrogen) atoms. The molecule has 0 N–H and O–H groups in total. The van der Waals surface area contributed by atoms with Crippen LogP contribution in [0.15, 0.2) is 42.2 Å². The van der Waals surface area contributed by atoms with E-state index >= 15 is 0 Å². The van der Waals surface area contributed by atoms with Crippen LogP contribution in [0.5, 0.6) is 0 Å². The average Bonchev–Trinajstić information content (AvgIpc) is 2.55. The maximum atomic E-state index is 12.6. The maximum absolute atomic E-state index is 12.6. The minimum atomic E-state index is -0.0518. The molecule has 1 aromatic carbocycles. The van der Waals surface area contributed by atoms with E-state index in [-0.39, 0.29) is 18.1 Å². The summed E-state index contributed by atoms with van der Waals surface area (Å²) in [5, 5.41) is 0. The summed E-state index contributed by atoms with van der Waals surface area (Å²) in [5.41, 5.74) is 1.90. The van der Waals surface area contributed by atoms with Gasteiger partial charge in [0, 0.05) is 6.54 Å². The molecule has 1 fully saturated rings. The van der Waals surface area contributed by atoms with Crippen molar-refractivity contribution in [1.29, 1.82) is 0 Å². The Kier molecular flexibility index (Phi) is 4.25. The van der Waals surface area contributed by atoms with E-state index in [2.05, 4.69) is 0 Å². The second kappa shape index (κ2) is 6.31. The van der Waals surface area contributed by atoms with Crippen LogP contribution in [0.2, 0.25) is 0 Å². The van der Waals surface area contributed by atoms with E-state index in [9.17, 15) is 4.79 Å². The Labute approximate surface area is 125 Å². The predicted octanol–water partition coefficient (Wildman–Crippen LogP) is 2.67. The molecular formula is C17H21NO3. The van der Waals surface area contributed by atoms with Gasteiger partial charge in [-0.05, 0) is 25.3 Å². The third kappa shape index (κ3) is 3.27. The number of ether oxygens (including phenoxy) is 2. The number of hydrogen-bond donors (Lipinski definition) is 0. The van der Waals surface area contributed by atoms with Gasteiger partial charge in [0.15, 0.2) is 0 Å². The molecule has 0 aliphatic carbocycles. The van der Waals surface area contributed by atoms with Crippen molar-refractivity contribution in [3.05, 3.63) is 47.7 Å². The van der Waals surface area contributed by atoms with Crippen molar-refractivity contribution >= 4 is 5.91 Å². The molecule has 2 aliphatic heterocycles. The first-order chi connectivity index (χ1) is 10.2. The molecule has 0 bridgehead atoms. The monoisotopic (exact) mass is 287 g/mol. The number of rotatable bonds is 2. The van der Waals surface area contributed by atoms with Gasteiger partial charge >= 0.3 is 0 Å². The van der Waals surface area contributed by atoms with E-state index in [4.69, 9.17) is 9.47 Å². The fourth-order valence-electron chi connectivity index (χ4n) is 2.89. The molecule has 3 rings (SSSR count). The van der Waals surface area contributed by atoms with Gasteiger partial charge in [-0.15, -0.1) is 0 Å². The quantitative estimate of drug-likeness (QED) is 0.839. The van der Waals surface area contributed by atoms with Gasteiger partial charge < -0.3 is 14.4 Å². The van der Waals surface area contributed by atoms with E-state index in [0.717, 1.165) is 24.0 Å². The third-order valence-electron chi connectivity index (χ3n) is 3.93. The van der Waals surface area contributed by atoms with E-state index in [1.54, 1.807) is 6.26 Å². The van der Waals surface area contributed by atoms with Gasteiger partial charge in [-0.3, -0.25) is 4.79 Å². The number of carbonyl (C=O) groups excluding carboxylic acids is 1. The highest BCUT2D eigenvalue weighted by atomic mass is 16.5. The van der Waals surface area contributed by atoms with Crippen molar-refractivity contribution in [2.24, 2.45) is 0 Å². The molecule has 2 aliphatic rings. The summed E-state index contributed by atoms with van der Waals surface area (Å²) in [6.45, 7) is 3.97. The first kappa shape index (κ1) is 14.1. The van der Waals surface area contributed by atoms with Crippen LogP contribution in [0, 0.1) is 0 Å². The highest BCUT2D eigenvalue weighted by Gasteiger charge is 2.31. The second-order valence-corrected chi connectivity index (χ2v) is 5.67. The van der Waals surface area contributed by atoms with E-state index in [0.29, 0.717) is 19.7 Å². The lowest BCUT2D eigenvalue weighted by Crippen LogP contribution is -2.46. The zero-order valence-corrected chi connectivity index (χ0v) is 12.3. The van der Waals surface area contributed by atoms with E-state index < -0.39 is 0 Å². The summed E-state index contributed by atoms with van der Waals surface area (Å²) in [6.07, 6.45) is 3.34. The van der Waals surface area contributed by atoms with Crippen LogP contribution in [0.1, 0.15) is 31.4 Å². The summed E-state index contributed by atoms with van der Waals surface area (Å²) in [6, 6.07) is 10.1. The van der Waals surface area contributed by atoms with Gasteiger partial charge in [0.25, 0.3) is 5.91 Å². The van der Waals surface area contributed by atoms with Crippen LogP contribution in [0.3, 0.4) is 0 Å². The molecule has 0 radical (unpaired) electrons. The molecule has 0 aromatic heterocycles. The lowest BCUT2D eigenvalue weighted by Gasteiger charge is -2.37. The van der Waals surface area contributed by atoms with Crippen molar-refractivity contribution in [2.75, 3.05) is 19.7 Å². The normalized spacial score (nSPS) is 26.0. The first-order valence-corrected chi connectivity index (χ1v) is 7.54. The van der Waals surface area contributed by atoms with E-state index in [1.807, 2.05) is 42.2 Å². The zero-order valence-electron chi connectivity index (χ0n) is 12.3. The summed E-state index contributed by atoms with van der Waals surface area (Å²) >= 11 is 0. The van der Waals surface area contributed by atoms with E-state index in [1.165, 1.54) is 0 Å². The van der Waals surface area contributed by atoms with Gasteiger partial charge in [-0.2, -0.15) is 0 Å². The van der Waals surface area contributed by atoms with Gasteiger partial charge in [-0.25, -0.2) is 0 Å². The van der Waals surface area contributed by atoms with Crippen molar-refractivity contribution < 1.29 is 14.3 Å². The predicted molar refractivity (Wildman–Crippen MR) is 79.6 cm³/mol. The molecule has 0 saturated carbocycles. The number of hydrogen-bond acceptors (Lipinski definition) is 3. The SMILES string of the molecule is CC1CN(C(=O)C2=COCCC2)CC(c2ccccc2)O1. The van der Waals surface area contributed by atoms with Crippen LogP contribution in [-0.4, -0.2) is 36.6 Å². The van der Waals surface area contributed by atoms with Crippen LogP contribution < -0.4 is 0 Å². The van der Waals surface area contributed by atoms with Crippen molar-refractivity contribution in [3.63, 3.8) is 0 Å². The van der Waals surface area contributed by atoms with Gasteiger partial charge in [0.1, 0.15) is 6.10 Å². The maximum Gasteiger partial charge on any atom is 0.253 e. The standard InChI is InChI=1S/C17H21NO3/c1-13-10-18(17(19)15-8-5-9-20-12-15)11-16(21-13)14-6-3-2-4-7-14/h2-4,6-7,12-13,16H,5,8-11H2,1H3. The Hall–Kier alpha value is -1.81. The molecule has 1 saturated heterocycles. The van der Waals surface area contributed by atoms with Crippen LogP contribution in [0.4, 0.5) is 0 Å². The van der Waals surface area contributed by atoms with Crippen molar-refractivity contribution in [3.8, 4) is 0 Å². The first-order valence-electron chi connectivity index (χ1n) is 7.54. The van der Waals surface area contributed by atoms with Crippen LogP contribution in [0.25, 0.3) is 0 Å². The zero-order chi connectivity index (χ0) is 14.7. The topological polar surface area (TPSA) is 38.8 Å². The molecular weight excluding hydrogens is 266 g/mol. The largest absolute Gasteiger partial charge is 0.501 e. The van der Waals surface area contributed by atoms with Gasteiger partial charge in [0.05, 0.1) is 31.1 Å². The summed E-state index contributed by atoms with van der Waals surface area (Å²) < 4.78 is 11.3. The Morgan fingerprint density at radius 3 is 2.76 bits per heavy atom. The highest BCUT2D eigenvalue weighted by molar-refractivity contribution is 5.93. The minimum absolute atomic E-state index is 0.0398. The average molecular weight is 287 g/mol. The molecule has 1 amide bonds. The smallest absolute Gasteiger partial charge is 0.253 e. The van der Waals surface area contributed by atoms with Crippen molar-refractivity contribution in [2.45, 2.75) is 32.0 Å². The number of morpholine rings is 1. The number of benzene rings is 1. The van der Waals surface area contributed by atoms with Crippen LogP contribution in [-0.2, 0) is 14.3 Å². The summed E-state index contributed by atoms with van der Waals surface area (Å²) in [7, 11) is 0. The fraction of sp³-hybridized carbons (Fsp3) is 0.471. The second-order valence-electron chi connectivity index (χ2n) is 5.67. The van der Waals surface area contributed by atoms with Gasteiger partial charge in [-0.1, -0.05) is 30.3 Å². The molecule has 2 heterocycles. The Morgan fingerprint density at radius 2 is 2.05 bits per heavy atom. The summed E-state index contributed by atoms with van der Waals surface area (Å²) in [5.74, 6) is 0.0887. The van der Waals surface area contributed by atoms with Gasteiger partial charge in [0.2, 0.25) is 0 Å². The lowest BCUT2D eigenvalue weighted by molar-refractivity contribution is -0.141. The lowest BCUT2D eigenvalue weighted by atomic mass is 10.0.